The maximum Gasteiger partial charge on any atom is 0.308 e. The second-order valence-electron chi connectivity index (χ2n) is 5.17. The van der Waals surface area contributed by atoms with Gasteiger partial charge in [0.05, 0.1) is 17.2 Å². The molecule has 1 saturated heterocycles. The molecule has 6 heteroatoms. The third kappa shape index (κ3) is 3.04. The van der Waals surface area contributed by atoms with Crippen LogP contribution in [-0.2, 0) is 9.59 Å². The summed E-state index contributed by atoms with van der Waals surface area (Å²) in [6.45, 7) is 2.07. The van der Waals surface area contributed by atoms with Crippen LogP contribution in [0, 0.1) is 5.92 Å². The molecule has 0 radical (unpaired) electrons. The Kier molecular flexibility index (Phi) is 4.26. The molecule has 1 N–H and O–H groups in total. The van der Waals surface area contributed by atoms with Crippen molar-refractivity contribution in [2.45, 2.75) is 13.3 Å². The lowest BCUT2D eigenvalue weighted by Crippen LogP contribution is -2.32. The van der Waals surface area contributed by atoms with E-state index in [1.165, 1.54) is 16.7 Å². The van der Waals surface area contributed by atoms with Crippen LogP contribution in [0.15, 0.2) is 24.3 Å². The summed E-state index contributed by atoms with van der Waals surface area (Å²) in [6.07, 6.45) is 0.464. The normalized spacial score (nSPS) is 17.6. The number of carboxylic acids is 1. The smallest absolute Gasteiger partial charge is 0.308 e. The van der Waals surface area contributed by atoms with Crippen LogP contribution in [0.4, 0.5) is 5.69 Å². The number of rotatable bonds is 3. The summed E-state index contributed by atoms with van der Waals surface area (Å²) in [4.78, 5) is 38.0. The zero-order valence-corrected chi connectivity index (χ0v) is 12.1. The maximum absolute atomic E-state index is 12.6. The Morgan fingerprint density at radius 3 is 2.52 bits per heavy atom. The molecule has 1 aliphatic heterocycles. The van der Waals surface area contributed by atoms with Crippen molar-refractivity contribution in [2.24, 2.45) is 5.92 Å². The molecule has 0 spiro atoms. The number of carbonyl (C=O) groups excluding carboxylic acids is 2. The fourth-order valence-electron chi connectivity index (χ4n) is 2.43. The molecule has 0 aliphatic carbocycles. The van der Waals surface area contributed by atoms with Crippen LogP contribution < -0.4 is 4.90 Å². The highest BCUT2D eigenvalue weighted by molar-refractivity contribution is 6.04. The van der Waals surface area contributed by atoms with Gasteiger partial charge in [-0.15, -0.1) is 0 Å². The van der Waals surface area contributed by atoms with Crippen LogP contribution in [-0.4, -0.2) is 47.9 Å². The van der Waals surface area contributed by atoms with E-state index in [2.05, 4.69) is 0 Å². The molecule has 21 heavy (non-hydrogen) atoms. The quantitative estimate of drug-likeness (QED) is 0.907. The van der Waals surface area contributed by atoms with E-state index in [1.807, 2.05) is 0 Å². The number of hydrogen-bond donors (Lipinski definition) is 1. The van der Waals surface area contributed by atoms with Crippen LogP contribution in [0.5, 0.6) is 0 Å². The molecule has 2 amide bonds. The van der Waals surface area contributed by atoms with Gasteiger partial charge in [0.1, 0.15) is 0 Å². The van der Waals surface area contributed by atoms with Gasteiger partial charge in [-0.05, 0) is 18.6 Å². The van der Waals surface area contributed by atoms with Crippen LogP contribution in [0.25, 0.3) is 0 Å². The van der Waals surface area contributed by atoms with E-state index in [4.69, 9.17) is 5.11 Å². The third-order valence-corrected chi connectivity index (χ3v) is 3.79. The minimum atomic E-state index is -0.876. The second-order valence-corrected chi connectivity index (χ2v) is 5.17. The minimum absolute atomic E-state index is 0.167. The molecule has 1 fully saturated rings. The Morgan fingerprint density at radius 2 is 1.95 bits per heavy atom. The predicted molar refractivity (Wildman–Crippen MR) is 77.2 cm³/mol. The lowest BCUT2D eigenvalue weighted by atomic mass is 10.1. The van der Waals surface area contributed by atoms with Gasteiger partial charge in [0, 0.05) is 27.1 Å². The molecule has 0 saturated carbocycles. The van der Waals surface area contributed by atoms with Gasteiger partial charge in [0.2, 0.25) is 5.91 Å². The van der Waals surface area contributed by atoms with E-state index in [9.17, 15) is 14.4 Å². The number of hydrogen-bond acceptors (Lipinski definition) is 3. The van der Waals surface area contributed by atoms with Gasteiger partial charge >= 0.3 is 5.97 Å². The average Bonchev–Trinajstić information content (AvgIpc) is 2.95. The van der Waals surface area contributed by atoms with E-state index in [0.717, 1.165) is 0 Å². The van der Waals surface area contributed by atoms with Gasteiger partial charge < -0.3 is 14.9 Å². The summed E-state index contributed by atoms with van der Waals surface area (Å²) in [5, 5.41) is 9.01. The lowest BCUT2D eigenvalue weighted by molar-refractivity contribution is -0.141. The van der Waals surface area contributed by atoms with Crippen LogP contribution in [0.2, 0.25) is 0 Å². The molecule has 1 atom stereocenters. The standard InChI is InChI=1S/C15H18N2O4/c1-10(18)16(2)13-6-4-3-5-12(13)14(19)17-8-7-11(9-17)15(20)21/h3-6,11H,7-9H2,1-2H3,(H,20,21). The number of likely N-dealkylation sites (tertiary alicyclic amines) is 1. The van der Waals surface area contributed by atoms with Gasteiger partial charge in [-0.2, -0.15) is 0 Å². The Labute approximate surface area is 123 Å². The molecule has 0 aromatic heterocycles. The number of nitrogens with zero attached hydrogens (tertiary/aromatic N) is 2. The fourth-order valence-corrected chi connectivity index (χ4v) is 2.43. The average molecular weight is 290 g/mol. The highest BCUT2D eigenvalue weighted by atomic mass is 16.4. The summed E-state index contributed by atoms with van der Waals surface area (Å²) in [6, 6.07) is 6.86. The number of benzene rings is 1. The van der Waals surface area contributed by atoms with E-state index in [0.29, 0.717) is 24.2 Å². The molecule has 2 rings (SSSR count). The van der Waals surface area contributed by atoms with Crippen molar-refractivity contribution >= 4 is 23.5 Å². The van der Waals surface area contributed by atoms with Crippen molar-refractivity contribution < 1.29 is 19.5 Å². The van der Waals surface area contributed by atoms with Gasteiger partial charge in [0.15, 0.2) is 0 Å². The summed E-state index contributed by atoms with van der Waals surface area (Å²) >= 11 is 0. The minimum Gasteiger partial charge on any atom is -0.481 e. The second kappa shape index (κ2) is 5.95. The summed E-state index contributed by atoms with van der Waals surface area (Å²) in [5.41, 5.74) is 0.954. The van der Waals surface area contributed by atoms with E-state index in [1.54, 1.807) is 31.3 Å². The molecular weight excluding hydrogens is 272 g/mol. The largest absolute Gasteiger partial charge is 0.481 e. The zero-order chi connectivity index (χ0) is 15.6. The van der Waals surface area contributed by atoms with Crippen molar-refractivity contribution in [3.8, 4) is 0 Å². The topological polar surface area (TPSA) is 77.9 Å². The van der Waals surface area contributed by atoms with Gasteiger partial charge in [0.25, 0.3) is 5.91 Å². The number of aliphatic carboxylic acids is 1. The summed E-state index contributed by atoms with van der Waals surface area (Å²) in [7, 11) is 1.61. The number of para-hydroxylation sites is 1. The number of carbonyl (C=O) groups is 3. The first-order valence-corrected chi connectivity index (χ1v) is 6.77. The molecule has 1 aliphatic rings. The fraction of sp³-hybridized carbons (Fsp3) is 0.400. The van der Waals surface area contributed by atoms with Crippen molar-refractivity contribution in [2.75, 3.05) is 25.0 Å². The van der Waals surface area contributed by atoms with Crippen molar-refractivity contribution in [1.29, 1.82) is 0 Å². The molecule has 1 aromatic rings. The molecule has 0 bridgehead atoms. The van der Waals surface area contributed by atoms with Gasteiger partial charge in [-0.1, -0.05) is 12.1 Å². The third-order valence-electron chi connectivity index (χ3n) is 3.79. The lowest BCUT2D eigenvalue weighted by Gasteiger charge is -2.22. The molecule has 1 heterocycles. The number of amides is 2. The Morgan fingerprint density at radius 1 is 1.29 bits per heavy atom. The van der Waals surface area contributed by atoms with E-state index < -0.39 is 11.9 Å². The van der Waals surface area contributed by atoms with Gasteiger partial charge in [-0.25, -0.2) is 0 Å². The van der Waals surface area contributed by atoms with E-state index >= 15 is 0 Å². The molecule has 1 aromatic carbocycles. The van der Waals surface area contributed by atoms with Crippen molar-refractivity contribution in [3.05, 3.63) is 29.8 Å². The Bertz CT molecular complexity index is 585. The molecule has 112 valence electrons. The predicted octanol–water partition coefficient (Wildman–Crippen LogP) is 1.22. The first-order valence-electron chi connectivity index (χ1n) is 6.77. The van der Waals surface area contributed by atoms with Crippen LogP contribution in [0.1, 0.15) is 23.7 Å². The first kappa shape index (κ1) is 15.0. The number of carboxylic acid groups (broad SMARTS) is 1. The van der Waals surface area contributed by atoms with Crippen molar-refractivity contribution in [1.82, 2.24) is 4.90 Å². The number of anilines is 1. The van der Waals surface area contributed by atoms with Crippen molar-refractivity contribution in [3.63, 3.8) is 0 Å². The Balaban J connectivity index is 2.24. The van der Waals surface area contributed by atoms with Gasteiger partial charge in [-0.3, -0.25) is 14.4 Å². The van der Waals surface area contributed by atoms with Crippen LogP contribution in [0.3, 0.4) is 0 Å². The SMILES string of the molecule is CC(=O)N(C)c1ccccc1C(=O)N1CCC(C(=O)O)C1. The molecular formula is C15H18N2O4. The maximum atomic E-state index is 12.6. The summed E-state index contributed by atoms with van der Waals surface area (Å²) in [5.74, 6) is -1.78. The van der Waals surface area contributed by atoms with Crippen LogP contribution >= 0.6 is 0 Å². The zero-order valence-electron chi connectivity index (χ0n) is 12.1. The monoisotopic (exact) mass is 290 g/mol. The summed E-state index contributed by atoms with van der Waals surface area (Å²) < 4.78 is 0. The first-order chi connectivity index (χ1) is 9.91. The molecule has 6 nitrogen and oxygen atoms in total. The highest BCUT2D eigenvalue weighted by Gasteiger charge is 2.32. The highest BCUT2D eigenvalue weighted by Crippen LogP contribution is 2.24. The van der Waals surface area contributed by atoms with E-state index in [-0.39, 0.29) is 18.4 Å². The molecule has 1 unspecified atom stereocenters. The Hall–Kier alpha value is -2.37.